The minimum atomic E-state index is -0.0206. The van der Waals surface area contributed by atoms with Gasteiger partial charge in [0, 0.05) is 54.4 Å². The van der Waals surface area contributed by atoms with Crippen LogP contribution in [0.2, 0.25) is 0 Å². The van der Waals surface area contributed by atoms with Gasteiger partial charge in [0.05, 0.1) is 0 Å². The van der Waals surface area contributed by atoms with Gasteiger partial charge in [0.25, 0.3) is 5.91 Å². The molecule has 2 aromatic carbocycles. The average molecular weight is 405 g/mol. The van der Waals surface area contributed by atoms with E-state index in [1.54, 1.807) is 18.0 Å². The first-order valence-electron chi connectivity index (χ1n) is 9.73. The molecule has 2 heterocycles. The lowest BCUT2D eigenvalue weighted by Crippen LogP contribution is -2.24. The number of hydrogen-bond acceptors (Lipinski definition) is 3. The second-order valence-electron chi connectivity index (χ2n) is 7.03. The van der Waals surface area contributed by atoms with Gasteiger partial charge < -0.3 is 14.9 Å². The van der Waals surface area contributed by atoms with Crippen LogP contribution in [-0.4, -0.2) is 27.0 Å². The minimum absolute atomic E-state index is 0.0206. The van der Waals surface area contributed by atoms with Crippen molar-refractivity contribution in [1.29, 1.82) is 0 Å². The van der Waals surface area contributed by atoms with Gasteiger partial charge in [-0.05, 0) is 42.2 Å². The number of carbonyl (C=O) groups is 1. The highest BCUT2D eigenvalue weighted by atomic mass is 32.2. The molecule has 29 heavy (non-hydrogen) atoms. The summed E-state index contributed by atoms with van der Waals surface area (Å²) in [6.45, 7) is 0.657. The summed E-state index contributed by atoms with van der Waals surface area (Å²) < 4.78 is 1.99. The maximum absolute atomic E-state index is 12.5. The van der Waals surface area contributed by atoms with Crippen molar-refractivity contribution in [3.05, 3.63) is 83.8 Å². The van der Waals surface area contributed by atoms with Crippen molar-refractivity contribution in [1.82, 2.24) is 19.9 Å². The fourth-order valence-electron chi connectivity index (χ4n) is 3.36. The Bertz CT molecular complexity index is 1110. The number of fused-ring (bicyclic) bond motifs is 1. The number of aromatic amines is 1. The molecular formula is C23H24N4OS. The van der Waals surface area contributed by atoms with E-state index in [1.807, 2.05) is 48.1 Å². The minimum Gasteiger partial charge on any atom is -0.361 e. The number of nitrogens with one attached hydrogen (secondary N) is 2. The van der Waals surface area contributed by atoms with Crippen LogP contribution in [0.15, 0.2) is 72.3 Å². The molecular weight excluding hydrogens is 380 g/mol. The lowest BCUT2D eigenvalue weighted by Gasteiger charge is -2.07. The van der Waals surface area contributed by atoms with Crippen LogP contribution in [0.3, 0.4) is 0 Å². The van der Waals surface area contributed by atoms with E-state index in [0.717, 1.165) is 34.8 Å². The predicted octanol–water partition coefficient (Wildman–Crippen LogP) is 4.56. The molecule has 0 radical (unpaired) electrons. The number of benzene rings is 2. The van der Waals surface area contributed by atoms with Crippen molar-refractivity contribution in [2.24, 2.45) is 7.05 Å². The molecule has 0 atom stereocenters. The molecule has 4 rings (SSSR count). The molecule has 0 unspecified atom stereocenters. The highest BCUT2D eigenvalue weighted by Gasteiger charge is 2.08. The summed E-state index contributed by atoms with van der Waals surface area (Å²) in [5, 5.41) is 5.27. The number of H-pyrrole nitrogens is 1. The van der Waals surface area contributed by atoms with E-state index in [-0.39, 0.29) is 5.91 Å². The van der Waals surface area contributed by atoms with Crippen molar-refractivity contribution in [2.75, 3.05) is 6.54 Å². The topological polar surface area (TPSA) is 62.7 Å². The molecule has 1 amide bonds. The van der Waals surface area contributed by atoms with E-state index < -0.39 is 0 Å². The normalized spacial score (nSPS) is 11.1. The first kappa shape index (κ1) is 19.3. The monoisotopic (exact) mass is 404 g/mol. The van der Waals surface area contributed by atoms with E-state index in [9.17, 15) is 4.79 Å². The Morgan fingerprint density at radius 1 is 1.21 bits per heavy atom. The summed E-state index contributed by atoms with van der Waals surface area (Å²) in [6, 6.07) is 16.1. The van der Waals surface area contributed by atoms with Gasteiger partial charge in [-0.3, -0.25) is 4.79 Å². The molecule has 6 heteroatoms. The van der Waals surface area contributed by atoms with Crippen molar-refractivity contribution in [2.45, 2.75) is 23.8 Å². The molecule has 0 aliphatic rings. The molecule has 0 bridgehead atoms. The largest absolute Gasteiger partial charge is 0.361 e. The molecule has 2 aromatic heterocycles. The van der Waals surface area contributed by atoms with Crippen molar-refractivity contribution in [3.8, 4) is 0 Å². The summed E-state index contributed by atoms with van der Waals surface area (Å²) in [6.07, 6.45) is 7.63. The third-order valence-corrected chi connectivity index (χ3v) is 6.05. The fraction of sp³-hybridized carbons (Fsp3) is 0.217. The van der Waals surface area contributed by atoms with Crippen molar-refractivity contribution < 1.29 is 4.79 Å². The standard InChI is InChI=1S/C23H24N4OS/c1-27-13-12-25-23(27)29-16-17-6-4-7-18(14-17)22(28)24-11-5-8-19-15-26-21-10-3-2-9-20(19)21/h2-4,6-7,9-10,12-15,26H,5,8,11,16H2,1H3,(H,24,28). The number of rotatable bonds is 8. The fourth-order valence-corrected chi connectivity index (χ4v) is 4.24. The van der Waals surface area contributed by atoms with Crippen molar-refractivity contribution in [3.63, 3.8) is 0 Å². The number of aromatic nitrogens is 3. The van der Waals surface area contributed by atoms with Crippen LogP contribution in [0.25, 0.3) is 10.9 Å². The van der Waals surface area contributed by atoms with E-state index in [1.165, 1.54) is 10.9 Å². The number of para-hydroxylation sites is 1. The SMILES string of the molecule is Cn1ccnc1SCc1cccc(C(=O)NCCCc2c[nH]c3ccccc23)c1. The smallest absolute Gasteiger partial charge is 0.251 e. The third kappa shape index (κ3) is 4.71. The third-order valence-electron chi connectivity index (χ3n) is 4.92. The Kier molecular flexibility index (Phi) is 6.00. The zero-order valence-corrected chi connectivity index (χ0v) is 17.2. The van der Waals surface area contributed by atoms with Gasteiger partial charge in [-0.25, -0.2) is 4.98 Å². The maximum Gasteiger partial charge on any atom is 0.251 e. The van der Waals surface area contributed by atoms with Gasteiger partial charge in [-0.15, -0.1) is 0 Å². The van der Waals surface area contributed by atoms with Crippen LogP contribution in [0.1, 0.15) is 27.9 Å². The number of amides is 1. The molecule has 4 aromatic rings. The molecule has 148 valence electrons. The zero-order valence-electron chi connectivity index (χ0n) is 16.4. The Balaban J connectivity index is 1.27. The highest BCUT2D eigenvalue weighted by Crippen LogP contribution is 2.21. The Labute approximate surface area is 174 Å². The maximum atomic E-state index is 12.5. The van der Waals surface area contributed by atoms with Crippen molar-refractivity contribution >= 4 is 28.6 Å². The van der Waals surface area contributed by atoms with Gasteiger partial charge in [0.1, 0.15) is 0 Å². The molecule has 0 aliphatic carbocycles. The number of aryl methyl sites for hydroxylation is 2. The van der Waals surface area contributed by atoms with Gasteiger partial charge in [-0.2, -0.15) is 0 Å². The average Bonchev–Trinajstić information content (AvgIpc) is 3.35. The van der Waals surface area contributed by atoms with Crippen LogP contribution in [0.4, 0.5) is 0 Å². The van der Waals surface area contributed by atoms with Crippen LogP contribution in [-0.2, 0) is 19.2 Å². The summed E-state index contributed by atoms with van der Waals surface area (Å²) in [5.41, 5.74) is 4.27. The number of imidazole rings is 1. The predicted molar refractivity (Wildman–Crippen MR) is 118 cm³/mol. The molecule has 0 fully saturated rings. The Morgan fingerprint density at radius 2 is 2.10 bits per heavy atom. The number of hydrogen-bond donors (Lipinski definition) is 2. The highest BCUT2D eigenvalue weighted by molar-refractivity contribution is 7.98. The van der Waals surface area contributed by atoms with Crippen LogP contribution in [0, 0.1) is 0 Å². The number of carbonyl (C=O) groups excluding carboxylic acids is 1. The van der Waals surface area contributed by atoms with Gasteiger partial charge in [-0.1, -0.05) is 42.1 Å². The lowest BCUT2D eigenvalue weighted by atomic mass is 10.1. The van der Waals surface area contributed by atoms with Gasteiger partial charge >= 0.3 is 0 Å². The summed E-state index contributed by atoms with van der Waals surface area (Å²) in [5.74, 6) is 0.764. The van der Waals surface area contributed by atoms with Crippen LogP contribution >= 0.6 is 11.8 Å². The van der Waals surface area contributed by atoms with Gasteiger partial charge in [0.2, 0.25) is 0 Å². The quantitative estimate of drug-likeness (QED) is 0.334. The van der Waals surface area contributed by atoms with E-state index in [4.69, 9.17) is 0 Å². The lowest BCUT2D eigenvalue weighted by molar-refractivity contribution is 0.0953. The molecule has 0 saturated heterocycles. The zero-order chi connectivity index (χ0) is 20.1. The van der Waals surface area contributed by atoms with Crippen LogP contribution in [0.5, 0.6) is 0 Å². The van der Waals surface area contributed by atoms with Gasteiger partial charge in [0.15, 0.2) is 5.16 Å². The Hall–Kier alpha value is -2.99. The Morgan fingerprint density at radius 3 is 2.97 bits per heavy atom. The second-order valence-corrected chi connectivity index (χ2v) is 7.97. The van der Waals surface area contributed by atoms with E-state index >= 15 is 0 Å². The van der Waals surface area contributed by atoms with E-state index in [0.29, 0.717) is 12.1 Å². The molecule has 0 saturated carbocycles. The molecule has 0 spiro atoms. The summed E-state index contributed by atoms with van der Waals surface area (Å²) in [7, 11) is 1.98. The second kappa shape index (κ2) is 9.01. The van der Waals surface area contributed by atoms with Crippen LogP contribution < -0.4 is 5.32 Å². The summed E-state index contributed by atoms with van der Waals surface area (Å²) >= 11 is 1.67. The van der Waals surface area contributed by atoms with E-state index in [2.05, 4.69) is 39.7 Å². The number of thioether (sulfide) groups is 1. The summed E-state index contributed by atoms with van der Waals surface area (Å²) in [4.78, 5) is 20.1. The molecule has 2 N–H and O–H groups in total. The number of nitrogens with zero attached hydrogens (tertiary/aromatic N) is 2. The molecule has 0 aliphatic heterocycles. The first-order chi connectivity index (χ1) is 14.2. The molecule has 5 nitrogen and oxygen atoms in total. The first-order valence-corrected chi connectivity index (χ1v) is 10.7.